The normalized spacial score (nSPS) is 10.9. The first-order chi connectivity index (χ1) is 14.3. The molecule has 0 unspecified atom stereocenters. The van der Waals surface area contributed by atoms with Crippen LogP contribution in [0.2, 0.25) is 0 Å². The number of methoxy groups -OCH3 is 1. The molecule has 0 aromatic heterocycles. The number of hydrogen-bond donors (Lipinski definition) is 2. The SMILES string of the molecule is COC(=O)c1cccc(NC(=O)c2ccc(C)c(S(=O)(=O)Nc3ccccc3)c2)c1. The lowest BCUT2D eigenvalue weighted by Crippen LogP contribution is -2.17. The van der Waals surface area contributed by atoms with E-state index >= 15 is 0 Å². The van der Waals surface area contributed by atoms with E-state index in [-0.39, 0.29) is 16.0 Å². The average Bonchev–Trinajstić information content (AvgIpc) is 2.74. The van der Waals surface area contributed by atoms with Crippen LogP contribution in [0.25, 0.3) is 0 Å². The van der Waals surface area contributed by atoms with E-state index in [0.717, 1.165) is 0 Å². The van der Waals surface area contributed by atoms with Crippen molar-refractivity contribution in [1.29, 1.82) is 0 Å². The quantitative estimate of drug-likeness (QED) is 0.586. The number of hydrogen-bond acceptors (Lipinski definition) is 5. The summed E-state index contributed by atoms with van der Waals surface area (Å²) in [4.78, 5) is 24.3. The summed E-state index contributed by atoms with van der Waals surface area (Å²) in [6.45, 7) is 1.65. The summed E-state index contributed by atoms with van der Waals surface area (Å²) in [5.41, 5.74) is 1.76. The molecule has 1 amide bonds. The Morgan fingerprint density at radius 2 is 1.53 bits per heavy atom. The van der Waals surface area contributed by atoms with Gasteiger partial charge in [-0.2, -0.15) is 0 Å². The lowest BCUT2D eigenvalue weighted by atomic mass is 10.1. The summed E-state index contributed by atoms with van der Waals surface area (Å²) in [5.74, 6) is -1.03. The first-order valence-corrected chi connectivity index (χ1v) is 10.5. The van der Waals surface area contributed by atoms with Crippen molar-refractivity contribution in [3.63, 3.8) is 0 Å². The number of carbonyl (C=O) groups excluding carboxylic acids is 2. The number of rotatable bonds is 6. The van der Waals surface area contributed by atoms with Gasteiger partial charge in [0.25, 0.3) is 15.9 Å². The fourth-order valence-electron chi connectivity index (χ4n) is 2.79. The minimum atomic E-state index is -3.89. The Kier molecular flexibility index (Phi) is 6.17. The fraction of sp³-hybridized carbons (Fsp3) is 0.0909. The zero-order valence-electron chi connectivity index (χ0n) is 16.4. The summed E-state index contributed by atoms with van der Waals surface area (Å²) in [7, 11) is -2.62. The molecule has 8 heteroatoms. The van der Waals surface area contributed by atoms with Gasteiger partial charge in [-0.05, 0) is 55.0 Å². The molecule has 0 radical (unpaired) electrons. The maximum Gasteiger partial charge on any atom is 0.337 e. The number of esters is 1. The fourth-order valence-corrected chi connectivity index (χ4v) is 4.12. The van der Waals surface area contributed by atoms with Gasteiger partial charge in [0.2, 0.25) is 0 Å². The van der Waals surface area contributed by atoms with E-state index in [2.05, 4.69) is 14.8 Å². The van der Waals surface area contributed by atoms with Gasteiger partial charge in [0.1, 0.15) is 0 Å². The van der Waals surface area contributed by atoms with Gasteiger partial charge < -0.3 is 10.1 Å². The summed E-state index contributed by atoms with van der Waals surface area (Å²) in [5, 5.41) is 2.66. The van der Waals surface area contributed by atoms with Gasteiger partial charge in [-0.25, -0.2) is 13.2 Å². The lowest BCUT2D eigenvalue weighted by Gasteiger charge is -2.12. The van der Waals surface area contributed by atoms with Crippen LogP contribution < -0.4 is 10.0 Å². The molecule has 0 aliphatic rings. The molecule has 7 nitrogen and oxygen atoms in total. The molecule has 3 aromatic rings. The van der Waals surface area contributed by atoms with Crippen molar-refractivity contribution in [2.24, 2.45) is 0 Å². The number of ether oxygens (including phenoxy) is 1. The molecule has 0 aliphatic carbocycles. The highest BCUT2D eigenvalue weighted by Crippen LogP contribution is 2.22. The Morgan fingerprint density at radius 1 is 0.833 bits per heavy atom. The third-order valence-electron chi connectivity index (χ3n) is 4.31. The van der Waals surface area contributed by atoms with E-state index in [9.17, 15) is 18.0 Å². The molecule has 0 aliphatic heterocycles. The number of benzene rings is 3. The number of para-hydroxylation sites is 1. The molecule has 0 spiro atoms. The molecular weight excluding hydrogens is 404 g/mol. The van der Waals surface area contributed by atoms with Crippen LogP contribution in [0.1, 0.15) is 26.3 Å². The van der Waals surface area contributed by atoms with Crippen molar-refractivity contribution < 1.29 is 22.7 Å². The van der Waals surface area contributed by atoms with Gasteiger partial charge >= 0.3 is 5.97 Å². The highest BCUT2D eigenvalue weighted by molar-refractivity contribution is 7.92. The zero-order chi connectivity index (χ0) is 21.7. The number of nitrogens with one attached hydrogen (secondary N) is 2. The first-order valence-electron chi connectivity index (χ1n) is 8.98. The van der Waals surface area contributed by atoms with Crippen molar-refractivity contribution >= 4 is 33.3 Å². The van der Waals surface area contributed by atoms with Crippen LogP contribution in [-0.2, 0) is 14.8 Å². The van der Waals surface area contributed by atoms with Crippen molar-refractivity contribution in [3.8, 4) is 0 Å². The van der Waals surface area contributed by atoms with Gasteiger partial charge in [0, 0.05) is 16.9 Å². The smallest absolute Gasteiger partial charge is 0.337 e. The summed E-state index contributed by atoms with van der Waals surface area (Å²) < 4.78 is 32.8. The van der Waals surface area contributed by atoms with Crippen molar-refractivity contribution in [2.75, 3.05) is 17.1 Å². The molecule has 3 rings (SSSR count). The topological polar surface area (TPSA) is 102 Å². The molecule has 0 fully saturated rings. The Bertz CT molecular complexity index is 1190. The number of carbonyl (C=O) groups is 2. The summed E-state index contributed by atoms with van der Waals surface area (Å²) >= 11 is 0. The number of aryl methyl sites for hydroxylation is 1. The van der Waals surface area contributed by atoms with Gasteiger partial charge in [-0.15, -0.1) is 0 Å². The summed E-state index contributed by atoms with van der Waals surface area (Å²) in [6, 6.07) is 19.2. The van der Waals surface area contributed by atoms with E-state index in [1.54, 1.807) is 61.5 Å². The number of sulfonamides is 1. The van der Waals surface area contributed by atoms with E-state index in [4.69, 9.17) is 0 Å². The van der Waals surface area contributed by atoms with Gasteiger partial charge in [-0.1, -0.05) is 30.3 Å². The second-order valence-corrected chi connectivity index (χ2v) is 8.13. The predicted molar refractivity (Wildman–Crippen MR) is 114 cm³/mol. The van der Waals surface area contributed by atoms with Crippen molar-refractivity contribution in [3.05, 3.63) is 89.5 Å². The maximum atomic E-state index is 12.8. The molecule has 0 bridgehead atoms. The van der Waals surface area contributed by atoms with Crippen molar-refractivity contribution in [1.82, 2.24) is 0 Å². The molecule has 30 heavy (non-hydrogen) atoms. The molecule has 0 atom stereocenters. The Labute approximate surface area is 174 Å². The van der Waals surface area contributed by atoms with Crippen LogP contribution in [0, 0.1) is 6.92 Å². The predicted octanol–water partition coefficient (Wildman–Crippen LogP) is 3.83. The molecule has 0 heterocycles. The number of anilines is 2. The first kappa shape index (κ1) is 21.1. The van der Waals surface area contributed by atoms with Crippen LogP contribution in [-0.4, -0.2) is 27.4 Å². The minimum absolute atomic E-state index is 0.00214. The minimum Gasteiger partial charge on any atom is -0.465 e. The molecular formula is C22H20N2O5S. The van der Waals surface area contributed by atoms with E-state index in [1.165, 1.54) is 25.3 Å². The Morgan fingerprint density at radius 3 is 2.23 bits per heavy atom. The van der Waals surface area contributed by atoms with Gasteiger partial charge in [-0.3, -0.25) is 9.52 Å². The average molecular weight is 424 g/mol. The van der Waals surface area contributed by atoms with Crippen LogP contribution in [0.15, 0.2) is 77.7 Å². The molecule has 154 valence electrons. The van der Waals surface area contributed by atoms with Crippen molar-refractivity contribution in [2.45, 2.75) is 11.8 Å². The van der Waals surface area contributed by atoms with Gasteiger partial charge in [0.15, 0.2) is 0 Å². The molecule has 0 saturated heterocycles. The molecule has 0 saturated carbocycles. The highest BCUT2D eigenvalue weighted by Gasteiger charge is 2.19. The maximum absolute atomic E-state index is 12.8. The van der Waals surface area contributed by atoms with Crippen LogP contribution in [0.4, 0.5) is 11.4 Å². The van der Waals surface area contributed by atoms with Crippen LogP contribution in [0.3, 0.4) is 0 Å². The van der Waals surface area contributed by atoms with E-state index in [1.807, 2.05) is 0 Å². The van der Waals surface area contributed by atoms with E-state index < -0.39 is 21.9 Å². The number of amides is 1. The third kappa shape index (κ3) is 4.84. The largest absolute Gasteiger partial charge is 0.465 e. The Balaban J connectivity index is 1.86. The zero-order valence-corrected chi connectivity index (χ0v) is 17.2. The Hall–Kier alpha value is -3.65. The standard InChI is InChI=1S/C22H20N2O5S/c1-15-11-12-16(14-20(15)30(27,28)24-18-8-4-3-5-9-18)21(25)23-19-10-6-7-17(13-19)22(26)29-2/h3-14,24H,1-2H3,(H,23,25). The van der Waals surface area contributed by atoms with Gasteiger partial charge in [0.05, 0.1) is 17.6 Å². The van der Waals surface area contributed by atoms with Crippen LogP contribution >= 0.6 is 0 Å². The lowest BCUT2D eigenvalue weighted by molar-refractivity contribution is 0.0600. The second kappa shape index (κ2) is 8.79. The monoisotopic (exact) mass is 424 g/mol. The third-order valence-corrected chi connectivity index (χ3v) is 5.83. The highest BCUT2D eigenvalue weighted by atomic mass is 32.2. The second-order valence-electron chi connectivity index (χ2n) is 6.48. The van der Waals surface area contributed by atoms with E-state index in [0.29, 0.717) is 16.9 Å². The summed E-state index contributed by atoms with van der Waals surface area (Å²) in [6.07, 6.45) is 0. The molecule has 3 aromatic carbocycles. The molecule has 2 N–H and O–H groups in total. The van der Waals surface area contributed by atoms with Crippen LogP contribution in [0.5, 0.6) is 0 Å².